The minimum absolute atomic E-state index is 0.692. The highest BCUT2D eigenvalue weighted by atomic mass is 16.5. The van der Waals surface area contributed by atoms with E-state index in [1.165, 1.54) is 31.5 Å². The highest BCUT2D eigenvalue weighted by Crippen LogP contribution is 2.28. The molecule has 0 aliphatic carbocycles. The summed E-state index contributed by atoms with van der Waals surface area (Å²) in [5.41, 5.74) is 1.21. The molecule has 1 aliphatic rings. The van der Waals surface area contributed by atoms with Gasteiger partial charge in [-0.25, -0.2) is 6.57 Å². The molecule has 0 unspecified atom stereocenters. The van der Waals surface area contributed by atoms with Crippen LogP contribution < -0.4 is 9.64 Å². The zero-order chi connectivity index (χ0) is 15.6. The van der Waals surface area contributed by atoms with Crippen molar-refractivity contribution >= 4 is 5.69 Å². The van der Waals surface area contributed by atoms with Crippen LogP contribution in [0.15, 0.2) is 24.3 Å². The molecule has 1 aromatic carbocycles. The van der Waals surface area contributed by atoms with Crippen molar-refractivity contribution in [1.82, 2.24) is 4.90 Å². The number of hydrogen-bond acceptors (Lipinski definition) is 3. The predicted molar refractivity (Wildman–Crippen MR) is 91.6 cm³/mol. The Balaban J connectivity index is 1.69. The van der Waals surface area contributed by atoms with Crippen molar-refractivity contribution in [1.29, 1.82) is 0 Å². The summed E-state index contributed by atoms with van der Waals surface area (Å²) in [6.45, 7) is 13.0. The second-order valence-electron chi connectivity index (χ2n) is 5.80. The number of methoxy groups -OCH3 is 1. The highest BCUT2D eigenvalue weighted by molar-refractivity contribution is 5.58. The van der Waals surface area contributed by atoms with Crippen LogP contribution >= 0.6 is 0 Å². The molecule has 0 saturated carbocycles. The molecular formula is C18H27N3O. The summed E-state index contributed by atoms with van der Waals surface area (Å²) in [6, 6.07) is 8.27. The molecular weight excluding hydrogens is 274 g/mol. The molecule has 0 amide bonds. The lowest BCUT2D eigenvalue weighted by Gasteiger charge is -2.36. The van der Waals surface area contributed by atoms with E-state index < -0.39 is 0 Å². The maximum Gasteiger partial charge on any atom is 0.214 e. The van der Waals surface area contributed by atoms with E-state index in [1.807, 2.05) is 12.1 Å². The fraction of sp³-hybridized carbons (Fsp3) is 0.611. The summed E-state index contributed by atoms with van der Waals surface area (Å²) in [4.78, 5) is 8.38. The van der Waals surface area contributed by atoms with E-state index in [-0.39, 0.29) is 0 Å². The van der Waals surface area contributed by atoms with Crippen LogP contribution in [-0.2, 0) is 0 Å². The van der Waals surface area contributed by atoms with E-state index in [4.69, 9.17) is 11.3 Å². The fourth-order valence-electron chi connectivity index (χ4n) is 2.98. The number of unbranched alkanes of at least 4 members (excludes halogenated alkanes) is 3. The zero-order valence-electron chi connectivity index (χ0n) is 13.6. The standard InChI is InChI=1S/C18H27N3O/c1-19-11-7-3-4-8-12-20-13-15-21(16-14-20)17-9-5-6-10-18(17)22-2/h5-6,9-10H,3-4,7-8,11-16H2,2H3. The summed E-state index contributed by atoms with van der Waals surface area (Å²) in [5, 5.41) is 0. The van der Waals surface area contributed by atoms with E-state index in [2.05, 4.69) is 26.8 Å². The van der Waals surface area contributed by atoms with E-state index in [0.29, 0.717) is 6.54 Å². The lowest BCUT2D eigenvalue weighted by molar-refractivity contribution is 0.251. The second kappa shape index (κ2) is 9.32. The van der Waals surface area contributed by atoms with Gasteiger partial charge in [0.05, 0.1) is 12.8 Å². The van der Waals surface area contributed by atoms with Crippen LogP contribution in [-0.4, -0.2) is 51.3 Å². The average molecular weight is 301 g/mol. The molecule has 1 aromatic rings. The Morgan fingerprint density at radius 3 is 2.50 bits per heavy atom. The lowest BCUT2D eigenvalue weighted by Crippen LogP contribution is -2.46. The summed E-state index contributed by atoms with van der Waals surface area (Å²) in [6.07, 6.45) is 4.77. The van der Waals surface area contributed by atoms with Gasteiger partial charge in [-0.1, -0.05) is 18.6 Å². The van der Waals surface area contributed by atoms with Crippen LogP contribution in [0, 0.1) is 6.57 Å². The van der Waals surface area contributed by atoms with Crippen molar-refractivity contribution < 1.29 is 4.74 Å². The molecule has 22 heavy (non-hydrogen) atoms. The summed E-state index contributed by atoms with van der Waals surface area (Å²) >= 11 is 0. The van der Waals surface area contributed by atoms with Crippen LogP contribution in [0.5, 0.6) is 5.75 Å². The third-order valence-corrected chi connectivity index (χ3v) is 4.29. The first-order valence-electron chi connectivity index (χ1n) is 8.28. The Morgan fingerprint density at radius 2 is 1.77 bits per heavy atom. The highest BCUT2D eigenvalue weighted by Gasteiger charge is 2.18. The third-order valence-electron chi connectivity index (χ3n) is 4.29. The Labute approximate surface area is 134 Å². The molecule has 0 bridgehead atoms. The molecule has 1 aliphatic heterocycles. The van der Waals surface area contributed by atoms with Gasteiger partial charge in [-0.2, -0.15) is 0 Å². The van der Waals surface area contributed by atoms with Gasteiger partial charge in [0.15, 0.2) is 0 Å². The number of para-hydroxylation sites is 2. The molecule has 0 spiro atoms. The first-order valence-corrected chi connectivity index (χ1v) is 8.28. The number of benzene rings is 1. The molecule has 0 N–H and O–H groups in total. The fourth-order valence-corrected chi connectivity index (χ4v) is 2.98. The van der Waals surface area contributed by atoms with Gasteiger partial charge in [0.1, 0.15) is 5.75 Å². The van der Waals surface area contributed by atoms with Crippen LogP contribution in [0.3, 0.4) is 0 Å². The average Bonchev–Trinajstić information content (AvgIpc) is 2.58. The van der Waals surface area contributed by atoms with E-state index >= 15 is 0 Å². The molecule has 1 heterocycles. The molecule has 2 rings (SSSR count). The molecule has 1 fully saturated rings. The Kier molecular flexibility index (Phi) is 7.05. The van der Waals surface area contributed by atoms with E-state index in [0.717, 1.165) is 38.3 Å². The summed E-state index contributed by atoms with van der Waals surface area (Å²) in [7, 11) is 1.74. The smallest absolute Gasteiger partial charge is 0.214 e. The molecule has 0 atom stereocenters. The van der Waals surface area contributed by atoms with Gasteiger partial charge in [0.2, 0.25) is 6.54 Å². The van der Waals surface area contributed by atoms with E-state index in [1.54, 1.807) is 7.11 Å². The van der Waals surface area contributed by atoms with Crippen LogP contribution in [0.4, 0.5) is 5.69 Å². The van der Waals surface area contributed by atoms with Crippen molar-refractivity contribution in [3.8, 4) is 5.75 Å². The number of hydrogen-bond donors (Lipinski definition) is 0. The number of nitrogens with zero attached hydrogens (tertiary/aromatic N) is 3. The molecule has 4 heteroatoms. The quantitative estimate of drug-likeness (QED) is 0.543. The minimum Gasteiger partial charge on any atom is -0.495 e. The van der Waals surface area contributed by atoms with Gasteiger partial charge in [-0.3, -0.25) is 4.90 Å². The van der Waals surface area contributed by atoms with Crippen molar-refractivity contribution in [3.05, 3.63) is 35.7 Å². The molecule has 120 valence electrons. The summed E-state index contributed by atoms with van der Waals surface area (Å²) < 4.78 is 5.46. The van der Waals surface area contributed by atoms with E-state index in [9.17, 15) is 0 Å². The second-order valence-corrected chi connectivity index (χ2v) is 5.80. The van der Waals surface area contributed by atoms with Crippen molar-refractivity contribution in [2.45, 2.75) is 25.7 Å². The van der Waals surface area contributed by atoms with Crippen LogP contribution in [0.1, 0.15) is 25.7 Å². The monoisotopic (exact) mass is 301 g/mol. The van der Waals surface area contributed by atoms with Gasteiger partial charge >= 0.3 is 0 Å². The molecule has 0 aromatic heterocycles. The maximum absolute atomic E-state index is 6.77. The van der Waals surface area contributed by atoms with Gasteiger partial charge in [0, 0.05) is 32.6 Å². The van der Waals surface area contributed by atoms with Crippen LogP contribution in [0.25, 0.3) is 4.85 Å². The zero-order valence-corrected chi connectivity index (χ0v) is 13.6. The number of rotatable bonds is 8. The van der Waals surface area contributed by atoms with Crippen molar-refractivity contribution in [2.24, 2.45) is 0 Å². The predicted octanol–water partition coefficient (Wildman–Crippen LogP) is 3.30. The minimum atomic E-state index is 0.692. The first kappa shape index (κ1) is 16.6. The third kappa shape index (κ3) is 4.92. The summed E-state index contributed by atoms with van der Waals surface area (Å²) in [5.74, 6) is 0.968. The largest absolute Gasteiger partial charge is 0.495 e. The topological polar surface area (TPSA) is 20.1 Å². The van der Waals surface area contributed by atoms with Crippen molar-refractivity contribution in [3.63, 3.8) is 0 Å². The molecule has 0 radical (unpaired) electrons. The maximum atomic E-state index is 6.77. The number of ether oxygens (including phenoxy) is 1. The normalized spacial score (nSPS) is 15.5. The Bertz CT molecular complexity index is 475. The Hall–Kier alpha value is -1.73. The van der Waals surface area contributed by atoms with Crippen molar-refractivity contribution in [2.75, 3.05) is 51.3 Å². The molecule has 1 saturated heterocycles. The van der Waals surface area contributed by atoms with Crippen LogP contribution in [0.2, 0.25) is 0 Å². The Morgan fingerprint density at radius 1 is 1.05 bits per heavy atom. The molecule has 4 nitrogen and oxygen atoms in total. The van der Waals surface area contributed by atoms with Gasteiger partial charge in [-0.05, 0) is 31.5 Å². The number of anilines is 1. The lowest BCUT2D eigenvalue weighted by atomic mass is 10.1. The number of piperazine rings is 1. The van der Waals surface area contributed by atoms with Gasteiger partial charge in [-0.15, -0.1) is 0 Å². The first-order chi connectivity index (χ1) is 10.8. The SMILES string of the molecule is [C-]#[N+]CCCCCCN1CCN(c2ccccc2OC)CC1. The van der Waals surface area contributed by atoms with Gasteiger partial charge in [0.25, 0.3) is 0 Å². The van der Waals surface area contributed by atoms with Gasteiger partial charge < -0.3 is 14.5 Å².